The molecule has 0 saturated heterocycles. The molecule has 3 unspecified atom stereocenters. The van der Waals surface area contributed by atoms with Crippen molar-refractivity contribution in [3.63, 3.8) is 0 Å². The van der Waals surface area contributed by atoms with Crippen molar-refractivity contribution in [1.82, 2.24) is 5.32 Å². The minimum absolute atomic E-state index is 0.0880. The topological polar surface area (TPSA) is 131 Å². The van der Waals surface area contributed by atoms with Crippen LogP contribution in [0.2, 0.25) is 0 Å². The van der Waals surface area contributed by atoms with E-state index in [1.165, 1.54) is 57.8 Å². The smallest absolute Gasteiger partial charge is 0.391 e. The number of carbonyl (C=O) groups is 1. The van der Waals surface area contributed by atoms with Gasteiger partial charge in [0.1, 0.15) is 0 Å². The van der Waals surface area contributed by atoms with E-state index in [1.807, 2.05) is 0 Å². The highest BCUT2D eigenvalue weighted by Crippen LogP contribution is 2.43. The molecular formula is C29H59N2O6P. The summed E-state index contributed by atoms with van der Waals surface area (Å²) in [5.41, 5.74) is 5.32. The molecule has 0 fully saturated rings. The first-order valence-corrected chi connectivity index (χ1v) is 16.8. The van der Waals surface area contributed by atoms with Gasteiger partial charge in [0.05, 0.1) is 25.4 Å². The Balaban J connectivity index is 4.35. The van der Waals surface area contributed by atoms with E-state index in [-0.39, 0.29) is 25.7 Å². The molecule has 0 radical (unpaired) electrons. The first-order valence-electron chi connectivity index (χ1n) is 15.3. The lowest BCUT2D eigenvalue weighted by Gasteiger charge is -2.25. The van der Waals surface area contributed by atoms with E-state index in [4.69, 9.17) is 14.8 Å². The van der Waals surface area contributed by atoms with Crippen LogP contribution in [0.4, 0.5) is 0 Å². The molecule has 0 heterocycles. The van der Waals surface area contributed by atoms with Gasteiger partial charge in [-0.2, -0.15) is 0 Å². The number of carbonyl (C=O) groups excluding carboxylic acids is 1. The Morgan fingerprint density at radius 1 is 0.842 bits per heavy atom. The summed E-state index contributed by atoms with van der Waals surface area (Å²) < 4.78 is 21.9. The van der Waals surface area contributed by atoms with E-state index in [0.717, 1.165) is 51.4 Å². The summed E-state index contributed by atoms with van der Waals surface area (Å²) >= 11 is 0. The molecule has 0 aromatic heterocycles. The van der Waals surface area contributed by atoms with Gasteiger partial charge >= 0.3 is 7.82 Å². The van der Waals surface area contributed by atoms with Crippen LogP contribution in [0, 0.1) is 0 Å². The number of phosphoric ester groups is 1. The second-order valence-corrected chi connectivity index (χ2v) is 11.8. The number of aliphatic hydroxyl groups is 1. The van der Waals surface area contributed by atoms with Crippen LogP contribution < -0.4 is 11.1 Å². The summed E-state index contributed by atoms with van der Waals surface area (Å²) in [5, 5.41) is 13.5. The summed E-state index contributed by atoms with van der Waals surface area (Å²) in [6, 6.07) is -0.770. The SMILES string of the molecule is CCCCC/C=C\CCCCCCCC(=O)NC(COP(=O)(O)OCCN)C(O)CCCCCCCCC. The molecule has 0 saturated carbocycles. The van der Waals surface area contributed by atoms with Gasteiger partial charge in [0, 0.05) is 13.0 Å². The predicted octanol–water partition coefficient (Wildman–Crippen LogP) is 6.93. The molecule has 38 heavy (non-hydrogen) atoms. The number of allylic oxidation sites excluding steroid dienone is 2. The fourth-order valence-corrected chi connectivity index (χ4v) is 5.01. The molecule has 8 nitrogen and oxygen atoms in total. The maximum Gasteiger partial charge on any atom is 0.472 e. The van der Waals surface area contributed by atoms with Crippen molar-refractivity contribution in [2.45, 2.75) is 148 Å². The minimum Gasteiger partial charge on any atom is -0.391 e. The van der Waals surface area contributed by atoms with Gasteiger partial charge in [-0.05, 0) is 38.5 Å². The number of unbranched alkanes of at least 4 members (excludes halogenated alkanes) is 14. The number of phosphoric acid groups is 1. The van der Waals surface area contributed by atoms with Crippen molar-refractivity contribution in [3.05, 3.63) is 12.2 Å². The average molecular weight is 563 g/mol. The van der Waals surface area contributed by atoms with Crippen LogP contribution in [0.5, 0.6) is 0 Å². The quantitative estimate of drug-likeness (QED) is 0.0462. The molecule has 226 valence electrons. The zero-order chi connectivity index (χ0) is 28.3. The number of amides is 1. The summed E-state index contributed by atoms with van der Waals surface area (Å²) in [4.78, 5) is 22.4. The number of hydrogen-bond acceptors (Lipinski definition) is 6. The third kappa shape index (κ3) is 24.3. The molecule has 0 aliphatic rings. The van der Waals surface area contributed by atoms with Gasteiger partial charge in [0.15, 0.2) is 0 Å². The van der Waals surface area contributed by atoms with Gasteiger partial charge in [0.25, 0.3) is 0 Å². The van der Waals surface area contributed by atoms with E-state index in [9.17, 15) is 19.4 Å². The van der Waals surface area contributed by atoms with Crippen LogP contribution in [0.25, 0.3) is 0 Å². The summed E-state index contributed by atoms with van der Waals surface area (Å²) in [7, 11) is -4.29. The van der Waals surface area contributed by atoms with Gasteiger partial charge in [-0.25, -0.2) is 4.57 Å². The van der Waals surface area contributed by atoms with Crippen LogP contribution in [0.15, 0.2) is 12.2 Å². The molecule has 0 aliphatic carbocycles. The molecule has 0 bridgehead atoms. The fourth-order valence-electron chi connectivity index (χ4n) is 4.25. The van der Waals surface area contributed by atoms with Crippen molar-refractivity contribution in [1.29, 1.82) is 0 Å². The average Bonchev–Trinajstić information content (AvgIpc) is 2.89. The molecule has 3 atom stereocenters. The Morgan fingerprint density at radius 2 is 1.37 bits per heavy atom. The maximum absolute atomic E-state index is 12.5. The Labute approximate surface area is 233 Å². The lowest BCUT2D eigenvalue weighted by atomic mass is 10.0. The van der Waals surface area contributed by atoms with E-state index in [1.54, 1.807) is 0 Å². The Hall–Kier alpha value is -0.760. The second kappa shape index (κ2) is 26.5. The van der Waals surface area contributed by atoms with E-state index in [0.29, 0.717) is 12.8 Å². The van der Waals surface area contributed by atoms with E-state index in [2.05, 4.69) is 31.3 Å². The van der Waals surface area contributed by atoms with Crippen LogP contribution in [-0.4, -0.2) is 47.8 Å². The molecule has 0 spiro atoms. The molecule has 0 aliphatic heterocycles. The molecule has 0 aromatic rings. The first-order chi connectivity index (χ1) is 18.4. The molecule has 0 aromatic carbocycles. The Kier molecular flexibility index (Phi) is 25.9. The highest BCUT2D eigenvalue weighted by atomic mass is 31.2. The summed E-state index contributed by atoms with van der Waals surface area (Å²) in [5.74, 6) is -0.178. The number of rotatable bonds is 28. The number of hydrogen-bond donors (Lipinski definition) is 4. The Morgan fingerprint density at radius 3 is 2.00 bits per heavy atom. The van der Waals surface area contributed by atoms with Crippen molar-refractivity contribution in [3.8, 4) is 0 Å². The summed E-state index contributed by atoms with van der Waals surface area (Å²) in [6.07, 6.45) is 23.7. The molecule has 1 amide bonds. The highest BCUT2D eigenvalue weighted by Gasteiger charge is 2.27. The monoisotopic (exact) mass is 562 g/mol. The van der Waals surface area contributed by atoms with Crippen molar-refractivity contribution >= 4 is 13.7 Å². The van der Waals surface area contributed by atoms with E-state index >= 15 is 0 Å². The predicted molar refractivity (Wildman–Crippen MR) is 157 cm³/mol. The van der Waals surface area contributed by atoms with Gasteiger partial charge < -0.3 is 21.1 Å². The van der Waals surface area contributed by atoms with Gasteiger partial charge in [-0.1, -0.05) is 103 Å². The van der Waals surface area contributed by atoms with Gasteiger partial charge in [-0.3, -0.25) is 13.8 Å². The fraction of sp³-hybridized carbons (Fsp3) is 0.897. The van der Waals surface area contributed by atoms with Gasteiger partial charge in [0.2, 0.25) is 5.91 Å². The zero-order valence-electron chi connectivity index (χ0n) is 24.4. The minimum atomic E-state index is -4.29. The summed E-state index contributed by atoms with van der Waals surface area (Å²) in [6.45, 7) is 4.09. The Bertz CT molecular complexity index is 620. The van der Waals surface area contributed by atoms with Crippen LogP contribution in [0.1, 0.15) is 136 Å². The largest absolute Gasteiger partial charge is 0.472 e. The molecule has 0 rings (SSSR count). The van der Waals surface area contributed by atoms with Gasteiger partial charge in [-0.15, -0.1) is 0 Å². The standard InChI is InChI=1S/C29H59N2O6P/c1-3-5-7-9-11-12-13-14-15-17-19-21-23-29(33)31-27(26-37-38(34,35)36-25-24-30)28(32)22-20-18-16-10-8-6-4-2/h11-12,27-28,32H,3-10,13-26,30H2,1-2H3,(H,31,33)(H,34,35)/b12-11-. The van der Waals surface area contributed by atoms with E-state index < -0.39 is 20.0 Å². The normalized spacial score (nSPS) is 15.0. The molecular weight excluding hydrogens is 503 g/mol. The van der Waals surface area contributed by atoms with Crippen molar-refractivity contribution in [2.75, 3.05) is 19.8 Å². The number of nitrogens with one attached hydrogen (secondary N) is 1. The second-order valence-electron chi connectivity index (χ2n) is 10.3. The van der Waals surface area contributed by atoms with Crippen LogP contribution in [-0.2, 0) is 18.4 Å². The molecule has 9 heteroatoms. The van der Waals surface area contributed by atoms with Crippen molar-refractivity contribution < 1.29 is 28.4 Å². The van der Waals surface area contributed by atoms with Crippen LogP contribution in [0.3, 0.4) is 0 Å². The lowest BCUT2D eigenvalue weighted by molar-refractivity contribution is -0.123. The maximum atomic E-state index is 12.5. The number of aliphatic hydroxyl groups excluding tert-OH is 1. The first kappa shape index (κ1) is 37.2. The third-order valence-electron chi connectivity index (χ3n) is 6.62. The highest BCUT2D eigenvalue weighted by molar-refractivity contribution is 7.47. The van der Waals surface area contributed by atoms with Crippen molar-refractivity contribution in [2.24, 2.45) is 5.73 Å². The lowest BCUT2D eigenvalue weighted by Crippen LogP contribution is -2.46. The third-order valence-corrected chi connectivity index (χ3v) is 7.60. The number of nitrogens with two attached hydrogens (primary N) is 1. The van der Waals surface area contributed by atoms with Crippen LogP contribution >= 0.6 is 7.82 Å². The zero-order valence-corrected chi connectivity index (χ0v) is 25.3. The molecule has 5 N–H and O–H groups in total.